The van der Waals surface area contributed by atoms with Crippen LogP contribution in [0.2, 0.25) is 0 Å². The van der Waals surface area contributed by atoms with Gasteiger partial charge < -0.3 is 23.9 Å². The fourth-order valence-corrected chi connectivity index (χ4v) is 7.44. The average Bonchev–Trinajstić information content (AvgIpc) is 3.59. The first-order valence-corrected chi connectivity index (χ1v) is 15.7. The van der Waals surface area contributed by atoms with E-state index in [1.54, 1.807) is 23.5 Å². The number of aromatic nitrogens is 3. The molecule has 220 valence electrons. The number of ether oxygens (including phenoxy) is 3. The van der Waals surface area contributed by atoms with Crippen LogP contribution >= 0.6 is 11.3 Å². The molecule has 3 aliphatic rings. The molecular formula is C33H32N4O5S. The monoisotopic (exact) mass is 596 g/mol. The van der Waals surface area contributed by atoms with E-state index in [0.29, 0.717) is 25.6 Å². The van der Waals surface area contributed by atoms with Gasteiger partial charge in [-0.15, -0.1) is 11.3 Å². The van der Waals surface area contributed by atoms with E-state index < -0.39 is 5.97 Å². The van der Waals surface area contributed by atoms with E-state index in [-0.39, 0.29) is 17.8 Å². The van der Waals surface area contributed by atoms with Crippen molar-refractivity contribution in [2.24, 2.45) is 0 Å². The van der Waals surface area contributed by atoms with Crippen molar-refractivity contribution in [3.63, 3.8) is 0 Å². The molecule has 10 heteroatoms. The Kier molecular flexibility index (Phi) is 6.77. The van der Waals surface area contributed by atoms with Crippen LogP contribution in [0, 0.1) is 0 Å². The molecule has 1 unspecified atom stereocenters. The summed E-state index contributed by atoms with van der Waals surface area (Å²) >= 11 is 1.66. The van der Waals surface area contributed by atoms with Gasteiger partial charge in [0.2, 0.25) is 0 Å². The number of hydrogen-bond acceptors (Lipinski definition) is 8. The predicted molar refractivity (Wildman–Crippen MR) is 163 cm³/mol. The second-order valence-corrected chi connectivity index (χ2v) is 12.7. The summed E-state index contributed by atoms with van der Waals surface area (Å²) in [6.45, 7) is 4.51. The van der Waals surface area contributed by atoms with Crippen molar-refractivity contribution in [2.75, 3.05) is 26.3 Å². The standard InChI is InChI=1S/C33H32N4O5S/c38-33(39)21-8-9-24-26(16-21)37(17-22-12-15-40-22)30(34-24)18-36-13-10-20(11-14-36)23-4-3-6-27-31(23)41-19-28(42-27)32-35-25-5-1-2-7-29(25)43-32/h1-9,16,20,22,28H,10-15,17-19H2,(H,38,39)/t22?,28-/m0/s1. The molecule has 1 N–H and O–H groups in total. The molecule has 2 aromatic heterocycles. The zero-order valence-electron chi connectivity index (χ0n) is 23.6. The fraction of sp³-hybridized carbons (Fsp3) is 0.364. The summed E-state index contributed by atoms with van der Waals surface area (Å²) in [5.74, 6) is 2.08. The number of piperidine rings is 1. The molecule has 2 fully saturated rings. The molecule has 0 radical (unpaired) electrons. The number of carboxylic acid groups (broad SMARTS) is 1. The molecule has 3 aromatic carbocycles. The molecular weight excluding hydrogens is 564 g/mol. The highest BCUT2D eigenvalue weighted by molar-refractivity contribution is 7.18. The van der Waals surface area contributed by atoms with Crippen molar-refractivity contribution in [2.45, 2.75) is 50.5 Å². The number of likely N-dealkylation sites (tertiary alicyclic amines) is 1. The number of aromatic carboxylic acids is 1. The van der Waals surface area contributed by atoms with E-state index >= 15 is 0 Å². The Labute approximate surface area is 252 Å². The van der Waals surface area contributed by atoms with Gasteiger partial charge in [-0.1, -0.05) is 24.3 Å². The Bertz CT molecular complexity index is 1790. The number of thiazole rings is 1. The SMILES string of the molecule is O=C(O)c1ccc2nc(CN3CCC(c4cccc5c4OC[C@@H](c4nc6ccccc6s4)O5)CC3)n(CC3CCO3)c2c1. The molecule has 9 nitrogen and oxygen atoms in total. The van der Waals surface area contributed by atoms with Crippen LogP contribution in [0.25, 0.3) is 21.3 Å². The Morgan fingerprint density at radius 3 is 2.65 bits per heavy atom. The third-order valence-electron chi connectivity index (χ3n) is 8.89. The highest BCUT2D eigenvalue weighted by Crippen LogP contribution is 2.45. The summed E-state index contributed by atoms with van der Waals surface area (Å²) in [5, 5.41) is 10.5. The predicted octanol–water partition coefficient (Wildman–Crippen LogP) is 6.03. The smallest absolute Gasteiger partial charge is 0.335 e. The molecule has 5 heterocycles. The molecule has 0 aliphatic carbocycles. The van der Waals surface area contributed by atoms with Crippen molar-refractivity contribution in [3.05, 3.63) is 82.6 Å². The number of carbonyl (C=O) groups is 1. The van der Waals surface area contributed by atoms with E-state index in [4.69, 9.17) is 24.2 Å². The number of benzene rings is 3. The molecule has 8 rings (SSSR count). The van der Waals surface area contributed by atoms with Crippen LogP contribution in [-0.4, -0.2) is 62.9 Å². The van der Waals surface area contributed by atoms with Gasteiger partial charge in [0, 0.05) is 12.2 Å². The second kappa shape index (κ2) is 10.9. The number of rotatable bonds is 7. The highest BCUT2D eigenvalue weighted by atomic mass is 32.1. The van der Waals surface area contributed by atoms with Crippen LogP contribution in [0.4, 0.5) is 0 Å². The van der Waals surface area contributed by atoms with Gasteiger partial charge in [0.25, 0.3) is 0 Å². The van der Waals surface area contributed by atoms with Crippen LogP contribution in [0.1, 0.15) is 58.0 Å². The van der Waals surface area contributed by atoms with Crippen molar-refractivity contribution in [1.82, 2.24) is 19.4 Å². The average molecular weight is 597 g/mol. The molecule has 43 heavy (non-hydrogen) atoms. The number of nitrogens with zero attached hydrogens (tertiary/aromatic N) is 4. The topological polar surface area (TPSA) is 98.9 Å². The van der Waals surface area contributed by atoms with Gasteiger partial charge in [-0.05, 0) is 74.7 Å². The van der Waals surface area contributed by atoms with E-state index in [1.165, 1.54) is 5.56 Å². The van der Waals surface area contributed by atoms with Crippen LogP contribution in [0.3, 0.4) is 0 Å². The minimum Gasteiger partial charge on any atom is -0.485 e. The lowest BCUT2D eigenvalue weighted by molar-refractivity contribution is -0.0592. The lowest BCUT2D eigenvalue weighted by Gasteiger charge is -2.34. The number of imidazole rings is 1. The van der Waals surface area contributed by atoms with Crippen molar-refractivity contribution >= 4 is 38.6 Å². The maximum Gasteiger partial charge on any atom is 0.335 e. The van der Waals surface area contributed by atoms with E-state index in [9.17, 15) is 9.90 Å². The number of para-hydroxylation sites is 2. The van der Waals surface area contributed by atoms with Gasteiger partial charge in [-0.25, -0.2) is 14.8 Å². The normalized spacial score (nSPS) is 20.8. The first kappa shape index (κ1) is 26.6. The molecule has 0 spiro atoms. The van der Waals surface area contributed by atoms with E-state index in [2.05, 4.69) is 27.7 Å². The number of fused-ring (bicyclic) bond motifs is 3. The summed E-state index contributed by atoms with van der Waals surface area (Å²) < 4.78 is 21.9. The second-order valence-electron chi connectivity index (χ2n) is 11.6. The van der Waals surface area contributed by atoms with Gasteiger partial charge in [0.1, 0.15) is 17.4 Å². The largest absolute Gasteiger partial charge is 0.485 e. The van der Waals surface area contributed by atoms with Gasteiger partial charge in [-0.3, -0.25) is 4.90 Å². The van der Waals surface area contributed by atoms with Crippen LogP contribution < -0.4 is 9.47 Å². The first-order valence-electron chi connectivity index (χ1n) is 14.9. The van der Waals surface area contributed by atoms with E-state index in [0.717, 1.165) is 82.5 Å². The molecule has 2 atom stereocenters. The van der Waals surface area contributed by atoms with Gasteiger partial charge >= 0.3 is 5.97 Å². The molecule has 3 aliphatic heterocycles. The lowest BCUT2D eigenvalue weighted by atomic mass is 9.88. The Morgan fingerprint density at radius 2 is 1.86 bits per heavy atom. The summed E-state index contributed by atoms with van der Waals surface area (Å²) in [6, 6.07) is 19.6. The third kappa shape index (κ3) is 5.03. The molecule has 2 saturated heterocycles. The first-order chi connectivity index (χ1) is 21.1. The van der Waals surface area contributed by atoms with Gasteiger partial charge in [-0.2, -0.15) is 0 Å². The minimum absolute atomic E-state index is 0.149. The Morgan fingerprint density at radius 1 is 1.00 bits per heavy atom. The molecule has 0 bridgehead atoms. The molecule has 0 amide bonds. The Hall–Kier alpha value is -3.99. The summed E-state index contributed by atoms with van der Waals surface area (Å²) in [6.07, 6.45) is 2.97. The minimum atomic E-state index is -0.928. The zero-order chi connectivity index (χ0) is 28.9. The van der Waals surface area contributed by atoms with E-state index in [1.807, 2.05) is 30.3 Å². The van der Waals surface area contributed by atoms with Crippen molar-refractivity contribution < 1.29 is 24.1 Å². The maximum absolute atomic E-state index is 11.6. The number of hydrogen-bond donors (Lipinski definition) is 1. The summed E-state index contributed by atoms with van der Waals surface area (Å²) in [5.41, 5.74) is 4.17. The third-order valence-corrected chi connectivity index (χ3v) is 10.0. The fourth-order valence-electron chi connectivity index (χ4n) is 6.46. The van der Waals surface area contributed by atoms with Crippen molar-refractivity contribution in [1.29, 1.82) is 0 Å². The number of carboxylic acids is 1. The zero-order valence-corrected chi connectivity index (χ0v) is 24.5. The molecule has 0 saturated carbocycles. The summed E-state index contributed by atoms with van der Waals surface area (Å²) in [7, 11) is 0. The molecule has 5 aromatic rings. The van der Waals surface area contributed by atoms with Crippen LogP contribution in [0.5, 0.6) is 11.5 Å². The van der Waals surface area contributed by atoms with Crippen LogP contribution in [0.15, 0.2) is 60.7 Å². The quantitative estimate of drug-likeness (QED) is 0.243. The van der Waals surface area contributed by atoms with Crippen LogP contribution in [-0.2, 0) is 17.8 Å². The maximum atomic E-state index is 11.6. The van der Waals surface area contributed by atoms with Gasteiger partial charge in [0.05, 0.1) is 46.0 Å². The lowest BCUT2D eigenvalue weighted by Crippen LogP contribution is -2.35. The van der Waals surface area contributed by atoms with Crippen molar-refractivity contribution in [3.8, 4) is 11.5 Å². The summed E-state index contributed by atoms with van der Waals surface area (Å²) in [4.78, 5) is 23.8. The Balaban J connectivity index is 0.969. The highest BCUT2D eigenvalue weighted by Gasteiger charge is 2.31. The van der Waals surface area contributed by atoms with Gasteiger partial charge in [0.15, 0.2) is 17.6 Å².